The molecule has 0 aliphatic heterocycles. The van der Waals surface area contributed by atoms with Crippen molar-refractivity contribution in [1.82, 2.24) is 10.3 Å². The van der Waals surface area contributed by atoms with Crippen molar-refractivity contribution >= 4 is 10.8 Å². The van der Waals surface area contributed by atoms with E-state index < -0.39 is 0 Å². The molecular weight excluding hydrogens is 222 g/mol. The Hall–Kier alpha value is -1.92. The zero-order chi connectivity index (χ0) is 13.0. The molecule has 2 aromatic rings. The summed E-state index contributed by atoms with van der Waals surface area (Å²) >= 11 is 0. The molecule has 0 radical (unpaired) electrons. The largest absolute Gasteiger partial charge is 0.311 e. The van der Waals surface area contributed by atoms with E-state index in [9.17, 15) is 0 Å². The first-order valence-corrected chi connectivity index (χ1v) is 6.06. The van der Waals surface area contributed by atoms with Crippen molar-refractivity contribution in [2.45, 2.75) is 20.4 Å². The van der Waals surface area contributed by atoms with E-state index in [1.807, 2.05) is 38.4 Å². The summed E-state index contributed by atoms with van der Waals surface area (Å²) in [7, 11) is 0. The van der Waals surface area contributed by atoms with Crippen molar-refractivity contribution in [3.63, 3.8) is 0 Å². The van der Waals surface area contributed by atoms with Gasteiger partial charge in [0, 0.05) is 30.9 Å². The molecule has 18 heavy (non-hydrogen) atoms. The Labute approximate surface area is 107 Å². The number of nitrogens with zero attached hydrogens (tertiary/aromatic N) is 2. The van der Waals surface area contributed by atoms with Crippen molar-refractivity contribution in [1.29, 1.82) is 5.26 Å². The molecule has 92 valence electrons. The van der Waals surface area contributed by atoms with Crippen LogP contribution in [0, 0.1) is 16.7 Å². The maximum atomic E-state index is 8.96. The molecular formula is C15H17N3. The molecule has 1 aromatic heterocycles. The molecule has 0 unspecified atom stereocenters. The van der Waals surface area contributed by atoms with E-state index in [-0.39, 0.29) is 5.41 Å². The van der Waals surface area contributed by atoms with Gasteiger partial charge >= 0.3 is 0 Å². The summed E-state index contributed by atoms with van der Waals surface area (Å²) < 4.78 is 0. The summed E-state index contributed by atoms with van der Waals surface area (Å²) in [6.45, 7) is 5.27. The Morgan fingerprint density at radius 3 is 2.83 bits per heavy atom. The van der Waals surface area contributed by atoms with Crippen LogP contribution < -0.4 is 5.32 Å². The predicted molar refractivity (Wildman–Crippen MR) is 72.8 cm³/mol. The zero-order valence-corrected chi connectivity index (χ0v) is 10.8. The number of hydrogen-bond acceptors (Lipinski definition) is 3. The Morgan fingerprint density at radius 2 is 2.06 bits per heavy atom. The van der Waals surface area contributed by atoms with Crippen LogP contribution >= 0.6 is 0 Å². The van der Waals surface area contributed by atoms with Gasteiger partial charge in [-0.05, 0) is 24.8 Å². The fourth-order valence-corrected chi connectivity index (χ4v) is 1.87. The van der Waals surface area contributed by atoms with Gasteiger partial charge in [-0.25, -0.2) is 0 Å². The molecule has 0 aliphatic carbocycles. The number of rotatable bonds is 4. The average Bonchev–Trinajstić information content (AvgIpc) is 2.39. The van der Waals surface area contributed by atoms with E-state index in [1.165, 1.54) is 10.9 Å². The van der Waals surface area contributed by atoms with Crippen molar-refractivity contribution < 1.29 is 0 Å². The molecule has 3 nitrogen and oxygen atoms in total. The SMILES string of the molecule is CC(C)(C#N)CNCc1cncc2ccccc12. The Balaban J connectivity index is 2.11. The Bertz CT molecular complexity index is 576. The van der Waals surface area contributed by atoms with Gasteiger partial charge in [-0.15, -0.1) is 0 Å². The van der Waals surface area contributed by atoms with Gasteiger partial charge in [0.15, 0.2) is 0 Å². The van der Waals surface area contributed by atoms with Crippen LogP contribution in [-0.2, 0) is 6.54 Å². The second-order valence-electron chi connectivity index (χ2n) is 5.12. The highest BCUT2D eigenvalue weighted by Crippen LogP contribution is 2.17. The van der Waals surface area contributed by atoms with E-state index in [0.29, 0.717) is 6.54 Å². The highest BCUT2D eigenvalue weighted by Gasteiger charge is 2.15. The van der Waals surface area contributed by atoms with Crippen LogP contribution in [0.5, 0.6) is 0 Å². The number of benzene rings is 1. The van der Waals surface area contributed by atoms with Crippen molar-refractivity contribution in [2.75, 3.05) is 6.54 Å². The van der Waals surface area contributed by atoms with Gasteiger partial charge in [-0.3, -0.25) is 4.98 Å². The summed E-state index contributed by atoms with van der Waals surface area (Å²) in [6.07, 6.45) is 3.76. The lowest BCUT2D eigenvalue weighted by Crippen LogP contribution is -2.27. The fourth-order valence-electron chi connectivity index (χ4n) is 1.87. The van der Waals surface area contributed by atoms with Crippen molar-refractivity contribution in [3.05, 3.63) is 42.2 Å². The summed E-state index contributed by atoms with van der Waals surface area (Å²) in [4.78, 5) is 4.24. The predicted octanol–water partition coefficient (Wildman–Crippen LogP) is 2.87. The highest BCUT2D eigenvalue weighted by molar-refractivity contribution is 5.84. The van der Waals surface area contributed by atoms with E-state index >= 15 is 0 Å². The molecule has 1 N–H and O–H groups in total. The number of nitrogens with one attached hydrogen (secondary N) is 1. The van der Waals surface area contributed by atoms with Gasteiger partial charge in [-0.1, -0.05) is 24.3 Å². The van der Waals surface area contributed by atoms with Crippen LogP contribution in [0.4, 0.5) is 0 Å². The third kappa shape index (κ3) is 2.85. The summed E-state index contributed by atoms with van der Waals surface area (Å²) in [6, 6.07) is 10.5. The number of nitriles is 1. The minimum atomic E-state index is -0.335. The van der Waals surface area contributed by atoms with Crippen LogP contribution in [0.3, 0.4) is 0 Å². The second-order valence-corrected chi connectivity index (χ2v) is 5.12. The summed E-state index contributed by atoms with van der Waals surface area (Å²) in [5.74, 6) is 0. The van der Waals surface area contributed by atoms with Crippen LogP contribution in [0.1, 0.15) is 19.4 Å². The van der Waals surface area contributed by atoms with Gasteiger partial charge < -0.3 is 5.32 Å². The van der Waals surface area contributed by atoms with Crippen molar-refractivity contribution in [2.24, 2.45) is 5.41 Å². The molecule has 0 saturated carbocycles. The smallest absolute Gasteiger partial charge is 0.0697 e. The third-order valence-electron chi connectivity index (χ3n) is 2.94. The number of hydrogen-bond donors (Lipinski definition) is 1. The van der Waals surface area contributed by atoms with Crippen LogP contribution in [0.25, 0.3) is 10.8 Å². The zero-order valence-electron chi connectivity index (χ0n) is 10.8. The normalized spacial score (nSPS) is 11.4. The first kappa shape index (κ1) is 12.5. The van der Waals surface area contributed by atoms with Crippen LogP contribution in [0.2, 0.25) is 0 Å². The molecule has 0 spiro atoms. The van der Waals surface area contributed by atoms with Gasteiger partial charge in [0.25, 0.3) is 0 Å². The molecule has 0 amide bonds. The van der Waals surface area contributed by atoms with Crippen LogP contribution in [-0.4, -0.2) is 11.5 Å². The van der Waals surface area contributed by atoms with Crippen molar-refractivity contribution in [3.8, 4) is 6.07 Å². The standard InChI is InChI=1S/C15H17N3/c1-15(2,10-16)11-18-9-13-8-17-7-12-5-3-4-6-14(12)13/h3-8,18H,9,11H2,1-2H3. The molecule has 1 aromatic carbocycles. The molecule has 1 heterocycles. The van der Waals surface area contributed by atoms with Gasteiger partial charge in [0.2, 0.25) is 0 Å². The van der Waals surface area contributed by atoms with E-state index in [4.69, 9.17) is 5.26 Å². The first-order chi connectivity index (χ1) is 8.62. The lowest BCUT2D eigenvalue weighted by Gasteiger charge is -2.16. The molecule has 2 rings (SSSR count). The monoisotopic (exact) mass is 239 g/mol. The fraction of sp³-hybridized carbons (Fsp3) is 0.333. The van der Waals surface area contributed by atoms with Gasteiger partial charge in [0.05, 0.1) is 11.5 Å². The second kappa shape index (κ2) is 5.16. The molecule has 0 aliphatic rings. The molecule has 0 saturated heterocycles. The maximum absolute atomic E-state index is 8.96. The van der Waals surface area contributed by atoms with E-state index in [0.717, 1.165) is 11.9 Å². The summed E-state index contributed by atoms with van der Waals surface area (Å²) in [5.41, 5.74) is 0.833. The lowest BCUT2D eigenvalue weighted by molar-refractivity contribution is 0.445. The Kier molecular flexibility index (Phi) is 3.59. The van der Waals surface area contributed by atoms with Crippen LogP contribution in [0.15, 0.2) is 36.7 Å². The maximum Gasteiger partial charge on any atom is 0.0697 e. The van der Waals surface area contributed by atoms with Gasteiger partial charge in [0.1, 0.15) is 0 Å². The Morgan fingerprint density at radius 1 is 1.28 bits per heavy atom. The quantitative estimate of drug-likeness (QED) is 0.892. The lowest BCUT2D eigenvalue weighted by atomic mass is 9.96. The van der Waals surface area contributed by atoms with Gasteiger partial charge in [-0.2, -0.15) is 5.26 Å². The third-order valence-corrected chi connectivity index (χ3v) is 2.94. The van der Waals surface area contributed by atoms with E-state index in [2.05, 4.69) is 28.5 Å². The topological polar surface area (TPSA) is 48.7 Å². The summed E-state index contributed by atoms with van der Waals surface area (Å²) in [5, 5.41) is 14.6. The molecule has 0 bridgehead atoms. The molecule has 0 atom stereocenters. The highest BCUT2D eigenvalue weighted by atomic mass is 14.9. The van der Waals surface area contributed by atoms with E-state index in [1.54, 1.807) is 0 Å². The minimum absolute atomic E-state index is 0.335. The minimum Gasteiger partial charge on any atom is -0.311 e. The average molecular weight is 239 g/mol. The number of pyridine rings is 1. The first-order valence-electron chi connectivity index (χ1n) is 6.06. The molecule has 3 heteroatoms. The number of aromatic nitrogens is 1. The molecule has 0 fully saturated rings. The number of fused-ring (bicyclic) bond motifs is 1.